The lowest BCUT2D eigenvalue weighted by molar-refractivity contribution is -0.471. The number of nitrogens with zero attached hydrogens (tertiary/aromatic N) is 1. The molecular weight excluding hydrogens is 198 g/mol. The van der Waals surface area contributed by atoms with E-state index in [1.165, 1.54) is 19.3 Å². The smallest absolute Gasteiger partial charge is 0.178 e. The Morgan fingerprint density at radius 2 is 1.88 bits per heavy atom. The van der Waals surface area contributed by atoms with Crippen LogP contribution in [0.25, 0.3) is 0 Å². The van der Waals surface area contributed by atoms with E-state index in [0.29, 0.717) is 6.54 Å². The van der Waals surface area contributed by atoms with Gasteiger partial charge in [0.15, 0.2) is 12.8 Å². The van der Waals surface area contributed by atoms with Gasteiger partial charge in [0.1, 0.15) is 0 Å². The summed E-state index contributed by atoms with van der Waals surface area (Å²) in [5, 5.41) is 11.5. The van der Waals surface area contributed by atoms with Gasteiger partial charge in [0, 0.05) is 12.0 Å². The molecule has 88 valence electrons. The van der Waals surface area contributed by atoms with Crippen LogP contribution in [-0.2, 0) is 6.54 Å². The second kappa shape index (κ2) is 7.91. The average molecular weight is 219 g/mol. The third-order valence-electron chi connectivity index (χ3n) is 2.57. The van der Waals surface area contributed by atoms with Crippen LogP contribution in [0.1, 0.15) is 44.6 Å². The van der Waals surface area contributed by atoms with E-state index >= 15 is 0 Å². The Morgan fingerprint density at radius 3 is 2.56 bits per heavy atom. The van der Waals surface area contributed by atoms with E-state index in [1.54, 1.807) is 6.21 Å². The summed E-state index contributed by atoms with van der Waals surface area (Å²) < 4.78 is 1.04. The normalized spacial score (nSPS) is 11.7. The first-order chi connectivity index (χ1) is 7.83. The van der Waals surface area contributed by atoms with Crippen LogP contribution in [0.3, 0.4) is 0 Å². The maximum Gasteiger partial charge on any atom is 0.178 e. The van der Waals surface area contributed by atoms with Crippen molar-refractivity contribution < 1.29 is 4.74 Å². The van der Waals surface area contributed by atoms with Crippen molar-refractivity contribution in [3.8, 4) is 0 Å². The van der Waals surface area contributed by atoms with Gasteiger partial charge in [0.2, 0.25) is 0 Å². The lowest BCUT2D eigenvalue weighted by Gasteiger charge is -2.03. The van der Waals surface area contributed by atoms with Crippen molar-refractivity contribution >= 4 is 6.21 Å². The van der Waals surface area contributed by atoms with Crippen molar-refractivity contribution in [2.45, 2.75) is 45.6 Å². The Hall–Kier alpha value is -1.31. The first-order valence-corrected chi connectivity index (χ1v) is 6.14. The Balaban J connectivity index is 2.24. The number of rotatable bonds is 7. The van der Waals surface area contributed by atoms with Gasteiger partial charge in [0.05, 0.1) is 0 Å². The number of hydroxylamine groups is 1. The van der Waals surface area contributed by atoms with Crippen molar-refractivity contribution in [3.63, 3.8) is 0 Å². The van der Waals surface area contributed by atoms with E-state index in [9.17, 15) is 5.21 Å². The van der Waals surface area contributed by atoms with Gasteiger partial charge in [-0.3, -0.25) is 0 Å². The highest BCUT2D eigenvalue weighted by atomic mass is 16.5. The Bertz CT molecular complexity index is 306. The van der Waals surface area contributed by atoms with Gasteiger partial charge in [-0.05, 0) is 6.42 Å². The molecule has 0 spiro atoms. The lowest BCUT2D eigenvalue weighted by atomic mass is 10.2. The van der Waals surface area contributed by atoms with Crippen LogP contribution in [0.4, 0.5) is 0 Å². The molecule has 0 aliphatic carbocycles. The molecular formula is C14H21NO. The third-order valence-corrected chi connectivity index (χ3v) is 2.57. The SMILES string of the molecule is CCCCCCC=[N+]([O-])Cc1ccccc1. The molecule has 0 bridgehead atoms. The highest BCUT2D eigenvalue weighted by Crippen LogP contribution is 2.02. The molecule has 2 nitrogen and oxygen atoms in total. The fraction of sp³-hybridized carbons (Fsp3) is 0.500. The van der Waals surface area contributed by atoms with Crippen LogP contribution in [0.2, 0.25) is 0 Å². The monoisotopic (exact) mass is 219 g/mol. The van der Waals surface area contributed by atoms with Crippen LogP contribution in [0.15, 0.2) is 30.3 Å². The van der Waals surface area contributed by atoms with Crippen LogP contribution < -0.4 is 0 Å². The van der Waals surface area contributed by atoms with Crippen LogP contribution >= 0.6 is 0 Å². The van der Waals surface area contributed by atoms with Crippen LogP contribution in [0.5, 0.6) is 0 Å². The van der Waals surface area contributed by atoms with Crippen molar-refractivity contribution in [1.29, 1.82) is 0 Å². The van der Waals surface area contributed by atoms with E-state index in [4.69, 9.17) is 0 Å². The minimum Gasteiger partial charge on any atom is -0.624 e. The highest BCUT2D eigenvalue weighted by Gasteiger charge is 1.96. The van der Waals surface area contributed by atoms with Gasteiger partial charge in [-0.2, -0.15) is 0 Å². The summed E-state index contributed by atoms with van der Waals surface area (Å²) in [6.07, 6.45) is 7.53. The molecule has 1 aromatic rings. The molecule has 1 rings (SSSR count). The second-order valence-corrected chi connectivity index (χ2v) is 4.09. The molecule has 16 heavy (non-hydrogen) atoms. The Morgan fingerprint density at radius 1 is 1.12 bits per heavy atom. The summed E-state index contributed by atoms with van der Waals surface area (Å²) in [7, 11) is 0. The zero-order valence-electron chi connectivity index (χ0n) is 10.1. The minimum atomic E-state index is 0.467. The molecule has 0 unspecified atom stereocenters. The van der Waals surface area contributed by atoms with Gasteiger partial charge in [-0.15, -0.1) is 0 Å². The second-order valence-electron chi connectivity index (χ2n) is 4.09. The summed E-state index contributed by atoms with van der Waals surface area (Å²) in [5.41, 5.74) is 1.07. The molecule has 2 heteroatoms. The lowest BCUT2D eigenvalue weighted by Crippen LogP contribution is -2.04. The largest absolute Gasteiger partial charge is 0.624 e. The van der Waals surface area contributed by atoms with Crippen LogP contribution in [-0.4, -0.2) is 11.0 Å². The zero-order valence-corrected chi connectivity index (χ0v) is 10.1. The number of hydrogen-bond donors (Lipinski definition) is 0. The third kappa shape index (κ3) is 5.54. The molecule has 0 N–H and O–H groups in total. The fourth-order valence-corrected chi connectivity index (χ4v) is 1.63. The predicted octanol–water partition coefficient (Wildman–Crippen LogP) is 3.74. The van der Waals surface area contributed by atoms with Crippen molar-refractivity contribution in [3.05, 3.63) is 41.1 Å². The minimum absolute atomic E-state index is 0.467. The van der Waals surface area contributed by atoms with Gasteiger partial charge in [-0.1, -0.05) is 56.5 Å². The van der Waals surface area contributed by atoms with Gasteiger partial charge in [-0.25, -0.2) is 4.74 Å². The van der Waals surface area contributed by atoms with Crippen molar-refractivity contribution in [2.75, 3.05) is 0 Å². The van der Waals surface area contributed by atoms with Gasteiger partial charge >= 0.3 is 0 Å². The number of hydrogen-bond acceptors (Lipinski definition) is 1. The molecule has 1 aromatic carbocycles. The van der Waals surface area contributed by atoms with Crippen molar-refractivity contribution in [1.82, 2.24) is 0 Å². The molecule has 0 aliphatic heterocycles. The van der Waals surface area contributed by atoms with E-state index in [-0.39, 0.29) is 0 Å². The Kier molecular flexibility index (Phi) is 6.31. The summed E-state index contributed by atoms with van der Waals surface area (Å²) in [4.78, 5) is 0. The molecule has 0 heterocycles. The summed E-state index contributed by atoms with van der Waals surface area (Å²) in [6, 6.07) is 9.85. The van der Waals surface area contributed by atoms with Crippen molar-refractivity contribution in [2.24, 2.45) is 0 Å². The molecule has 0 atom stereocenters. The first kappa shape index (κ1) is 12.8. The fourth-order valence-electron chi connectivity index (χ4n) is 1.63. The molecule has 0 saturated heterocycles. The maximum atomic E-state index is 11.5. The van der Waals surface area contributed by atoms with Gasteiger partial charge in [0.25, 0.3) is 0 Å². The van der Waals surface area contributed by atoms with E-state index < -0.39 is 0 Å². The van der Waals surface area contributed by atoms with E-state index in [1.807, 2.05) is 30.3 Å². The van der Waals surface area contributed by atoms with E-state index in [0.717, 1.165) is 23.1 Å². The number of benzene rings is 1. The van der Waals surface area contributed by atoms with Crippen LogP contribution in [0, 0.1) is 5.21 Å². The quantitative estimate of drug-likeness (QED) is 0.225. The zero-order chi connectivity index (χ0) is 11.6. The molecule has 0 fully saturated rings. The highest BCUT2D eigenvalue weighted by molar-refractivity contribution is 5.51. The molecule has 0 aliphatic rings. The summed E-state index contributed by atoms with van der Waals surface area (Å²) in [6.45, 7) is 2.66. The Labute approximate surface area is 98.2 Å². The summed E-state index contributed by atoms with van der Waals surface area (Å²) >= 11 is 0. The average Bonchev–Trinajstić information content (AvgIpc) is 2.30. The molecule has 0 amide bonds. The molecule has 0 saturated carbocycles. The summed E-state index contributed by atoms with van der Waals surface area (Å²) in [5.74, 6) is 0. The molecule has 0 aromatic heterocycles. The number of unbranched alkanes of at least 4 members (excludes halogenated alkanes) is 4. The first-order valence-electron chi connectivity index (χ1n) is 6.14. The predicted molar refractivity (Wildman–Crippen MR) is 68.6 cm³/mol. The van der Waals surface area contributed by atoms with E-state index in [2.05, 4.69) is 6.92 Å². The maximum absolute atomic E-state index is 11.5. The topological polar surface area (TPSA) is 26.1 Å². The molecule has 0 radical (unpaired) electrons. The standard InChI is InChI=1S/C14H21NO/c1-2-3-4-5-9-12-15(16)13-14-10-7-6-8-11-14/h6-8,10-12H,2-5,9,13H2,1H3. The van der Waals surface area contributed by atoms with Gasteiger partial charge < -0.3 is 5.21 Å².